The lowest BCUT2D eigenvalue weighted by Gasteiger charge is -2.28. The van der Waals surface area contributed by atoms with Crippen LogP contribution in [0.1, 0.15) is 39.2 Å². The van der Waals surface area contributed by atoms with Crippen LogP contribution in [0.15, 0.2) is 24.3 Å². The third kappa shape index (κ3) is 6.13. The van der Waals surface area contributed by atoms with E-state index in [1.54, 1.807) is 45.0 Å². The van der Waals surface area contributed by atoms with E-state index < -0.39 is 35.7 Å². The molecule has 8 heteroatoms. The number of likely N-dealkylation sites (tertiary alicyclic amines) is 1. The molecule has 1 heterocycles. The van der Waals surface area contributed by atoms with Gasteiger partial charge in [-0.15, -0.1) is 0 Å². The number of amides is 2. The zero-order valence-electron chi connectivity index (χ0n) is 15.7. The summed E-state index contributed by atoms with van der Waals surface area (Å²) in [5.74, 6) is -1.47. The minimum absolute atomic E-state index is 0.206. The van der Waals surface area contributed by atoms with Gasteiger partial charge in [-0.1, -0.05) is 23.7 Å². The van der Waals surface area contributed by atoms with Crippen LogP contribution in [0.3, 0.4) is 0 Å². The van der Waals surface area contributed by atoms with Crippen molar-refractivity contribution in [2.24, 2.45) is 0 Å². The molecule has 27 heavy (non-hydrogen) atoms. The van der Waals surface area contributed by atoms with Gasteiger partial charge in [-0.3, -0.25) is 4.79 Å². The Labute approximate surface area is 163 Å². The van der Waals surface area contributed by atoms with Crippen LogP contribution in [0.2, 0.25) is 5.02 Å². The molecule has 2 amide bonds. The Bertz CT molecular complexity index is 699. The van der Waals surface area contributed by atoms with Gasteiger partial charge < -0.3 is 20.1 Å². The summed E-state index contributed by atoms with van der Waals surface area (Å²) >= 11 is 5.90. The first kappa shape index (κ1) is 21.0. The smallest absolute Gasteiger partial charge is 0.408 e. The molecule has 0 unspecified atom stereocenters. The molecule has 0 aliphatic carbocycles. The van der Waals surface area contributed by atoms with E-state index in [1.165, 1.54) is 4.90 Å². The van der Waals surface area contributed by atoms with Crippen LogP contribution in [0, 0.1) is 0 Å². The number of carbonyl (C=O) groups is 3. The summed E-state index contributed by atoms with van der Waals surface area (Å²) in [6.45, 7) is 5.53. The van der Waals surface area contributed by atoms with Gasteiger partial charge in [-0.25, -0.2) is 9.59 Å². The van der Waals surface area contributed by atoms with Gasteiger partial charge in [-0.05, 0) is 51.3 Å². The van der Waals surface area contributed by atoms with E-state index in [1.807, 2.05) is 0 Å². The molecule has 1 fully saturated rings. The molecule has 0 radical (unpaired) electrons. The average Bonchev–Trinajstić information content (AvgIpc) is 3.03. The van der Waals surface area contributed by atoms with Gasteiger partial charge >= 0.3 is 12.1 Å². The highest BCUT2D eigenvalue weighted by atomic mass is 35.5. The van der Waals surface area contributed by atoms with E-state index in [2.05, 4.69) is 5.32 Å². The van der Waals surface area contributed by atoms with Crippen LogP contribution in [0.5, 0.6) is 0 Å². The summed E-state index contributed by atoms with van der Waals surface area (Å²) in [7, 11) is 0. The highest BCUT2D eigenvalue weighted by Crippen LogP contribution is 2.20. The van der Waals surface area contributed by atoms with Gasteiger partial charge in [0.1, 0.15) is 17.7 Å². The molecule has 1 aromatic carbocycles. The Morgan fingerprint density at radius 1 is 1.30 bits per heavy atom. The predicted octanol–water partition coefficient (Wildman–Crippen LogP) is 2.85. The lowest BCUT2D eigenvalue weighted by atomic mass is 10.0. The molecule has 1 aliphatic heterocycles. The number of halogens is 1. The van der Waals surface area contributed by atoms with Crippen LogP contribution >= 0.6 is 11.6 Å². The molecule has 148 valence electrons. The standard InChI is InChI=1S/C19H25ClN2O5/c1-19(2,3)27-18(26)21-14(11-12-6-8-13(20)9-7-12)16(23)22-10-4-5-15(22)17(24)25/h6-9,14-15H,4-5,10-11H2,1-3H3,(H,21,26)(H,24,25)/t14-,15-/m0/s1. The van der Waals surface area contributed by atoms with Gasteiger partial charge in [0.2, 0.25) is 5.91 Å². The average molecular weight is 397 g/mol. The molecule has 1 aromatic rings. The molecule has 1 aliphatic rings. The Morgan fingerprint density at radius 3 is 2.48 bits per heavy atom. The summed E-state index contributed by atoms with van der Waals surface area (Å²) in [5.41, 5.74) is 0.0785. The first-order valence-electron chi connectivity index (χ1n) is 8.84. The number of carboxylic acids is 1. The minimum atomic E-state index is -1.04. The second kappa shape index (κ2) is 8.61. The maximum Gasteiger partial charge on any atom is 0.408 e. The monoisotopic (exact) mass is 396 g/mol. The number of ether oxygens (including phenoxy) is 1. The Balaban J connectivity index is 2.19. The quantitative estimate of drug-likeness (QED) is 0.797. The van der Waals surface area contributed by atoms with E-state index in [4.69, 9.17) is 16.3 Å². The molecular weight excluding hydrogens is 372 g/mol. The van der Waals surface area contributed by atoms with Crippen molar-refractivity contribution in [1.29, 1.82) is 0 Å². The fourth-order valence-corrected chi connectivity index (χ4v) is 3.12. The highest BCUT2D eigenvalue weighted by molar-refractivity contribution is 6.30. The van der Waals surface area contributed by atoms with E-state index in [9.17, 15) is 19.5 Å². The molecule has 2 N–H and O–H groups in total. The largest absolute Gasteiger partial charge is 0.480 e. The van der Waals surface area contributed by atoms with E-state index in [-0.39, 0.29) is 6.42 Å². The number of aliphatic carboxylic acids is 1. The number of hydrogen-bond donors (Lipinski definition) is 2. The Morgan fingerprint density at radius 2 is 1.93 bits per heavy atom. The molecule has 0 aromatic heterocycles. The summed E-state index contributed by atoms with van der Waals surface area (Å²) in [6.07, 6.45) is 0.503. The fraction of sp³-hybridized carbons (Fsp3) is 0.526. The normalized spacial score (nSPS) is 18.1. The number of hydrogen-bond acceptors (Lipinski definition) is 4. The zero-order valence-corrected chi connectivity index (χ0v) is 16.5. The Kier molecular flexibility index (Phi) is 6.70. The van der Waals surface area contributed by atoms with Crippen molar-refractivity contribution in [3.8, 4) is 0 Å². The van der Waals surface area contributed by atoms with Gasteiger partial charge in [0.25, 0.3) is 0 Å². The first-order chi connectivity index (χ1) is 12.6. The van der Waals surface area contributed by atoms with Gasteiger partial charge in [0.15, 0.2) is 0 Å². The maximum atomic E-state index is 13.0. The van der Waals surface area contributed by atoms with Crippen molar-refractivity contribution in [3.63, 3.8) is 0 Å². The molecule has 7 nitrogen and oxygen atoms in total. The van der Waals surface area contributed by atoms with Gasteiger partial charge in [-0.2, -0.15) is 0 Å². The number of rotatable bonds is 5. The summed E-state index contributed by atoms with van der Waals surface area (Å²) in [5, 5.41) is 12.5. The van der Waals surface area contributed by atoms with E-state index in [0.29, 0.717) is 24.4 Å². The summed E-state index contributed by atoms with van der Waals surface area (Å²) < 4.78 is 5.25. The van der Waals surface area contributed by atoms with Crippen molar-refractivity contribution in [2.75, 3.05) is 6.54 Å². The van der Waals surface area contributed by atoms with Crippen LogP contribution in [-0.4, -0.2) is 52.2 Å². The second-order valence-corrected chi connectivity index (χ2v) is 7.99. The molecule has 0 saturated carbocycles. The van der Waals surface area contributed by atoms with E-state index in [0.717, 1.165) is 5.56 Å². The van der Waals surface area contributed by atoms with Crippen LogP contribution in [0.25, 0.3) is 0 Å². The first-order valence-corrected chi connectivity index (χ1v) is 9.22. The third-order valence-corrected chi connectivity index (χ3v) is 4.42. The molecule has 0 spiro atoms. The minimum Gasteiger partial charge on any atom is -0.480 e. The van der Waals surface area contributed by atoms with Crippen LogP contribution in [0.4, 0.5) is 4.79 Å². The molecular formula is C19H25ClN2O5. The molecule has 0 bridgehead atoms. The number of alkyl carbamates (subject to hydrolysis) is 1. The van der Waals surface area contributed by atoms with E-state index >= 15 is 0 Å². The van der Waals surface area contributed by atoms with Crippen molar-refractivity contribution in [2.45, 2.75) is 57.7 Å². The Hall–Kier alpha value is -2.28. The second-order valence-electron chi connectivity index (χ2n) is 7.56. The molecule has 2 atom stereocenters. The van der Waals surface area contributed by atoms with Crippen LogP contribution < -0.4 is 5.32 Å². The van der Waals surface area contributed by atoms with Gasteiger partial charge in [0, 0.05) is 18.0 Å². The fourth-order valence-electron chi connectivity index (χ4n) is 2.99. The summed E-state index contributed by atoms with van der Waals surface area (Å²) in [4.78, 5) is 37.9. The number of carbonyl (C=O) groups excluding carboxylic acids is 2. The number of nitrogens with one attached hydrogen (secondary N) is 1. The number of carboxylic acid groups (broad SMARTS) is 1. The molecule has 1 saturated heterocycles. The highest BCUT2D eigenvalue weighted by Gasteiger charge is 2.38. The van der Waals surface area contributed by atoms with Gasteiger partial charge in [0.05, 0.1) is 0 Å². The van der Waals surface area contributed by atoms with Crippen molar-refractivity contribution < 1.29 is 24.2 Å². The topological polar surface area (TPSA) is 95.9 Å². The van der Waals surface area contributed by atoms with Crippen molar-refractivity contribution >= 4 is 29.6 Å². The number of nitrogens with zero attached hydrogens (tertiary/aromatic N) is 1. The number of benzene rings is 1. The van der Waals surface area contributed by atoms with Crippen molar-refractivity contribution in [3.05, 3.63) is 34.9 Å². The van der Waals surface area contributed by atoms with Crippen molar-refractivity contribution in [1.82, 2.24) is 10.2 Å². The van der Waals surface area contributed by atoms with Crippen LogP contribution in [-0.2, 0) is 20.7 Å². The third-order valence-electron chi connectivity index (χ3n) is 4.16. The lowest BCUT2D eigenvalue weighted by Crippen LogP contribution is -2.53. The SMILES string of the molecule is CC(C)(C)OC(=O)N[C@@H](Cc1ccc(Cl)cc1)C(=O)N1CCC[C@H]1C(=O)O. The summed E-state index contributed by atoms with van der Waals surface area (Å²) in [6, 6.07) is 5.12. The molecule has 2 rings (SSSR count). The predicted molar refractivity (Wildman–Crippen MR) is 101 cm³/mol. The maximum absolute atomic E-state index is 13.0. The lowest BCUT2D eigenvalue weighted by molar-refractivity contribution is -0.149. The zero-order chi connectivity index (χ0) is 20.2.